The summed E-state index contributed by atoms with van der Waals surface area (Å²) >= 11 is 0. The van der Waals surface area contributed by atoms with E-state index < -0.39 is 0 Å². The Balaban J connectivity index is 0. The molecule has 0 fully saturated rings. The summed E-state index contributed by atoms with van der Waals surface area (Å²) < 4.78 is 5.29. The van der Waals surface area contributed by atoms with Crippen molar-refractivity contribution in [3.63, 3.8) is 0 Å². The van der Waals surface area contributed by atoms with Crippen molar-refractivity contribution in [1.29, 1.82) is 0 Å². The molecule has 2 nitrogen and oxygen atoms in total. The van der Waals surface area contributed by atoms with Gasteiger partial charge in [0.2, 0.25) is 0 Å². The van der Waals surface area contributed by atoms with Crippen LogP contribution >= 0.6 is 0 Å². The van der Waals surface area contributed by atoms with Crippen molar-refractivity contribution in [3.05, 3.63) is 29.8 Å². The summed E-state index contributed by atoms with van der Waals surface area (Å²) in [5, 5.41) is 3.26. The fraction of sp³-hybridized carbons (Fsp3) is 0.455. The number of ether oxygens (including phenoxy) is 1. The Morgan fingerprint density at radius 1 is 1.43 bits per heavy atom. The summed E-state index contributed by atoms with van der Waals surface area (Å²) in [6.07, 6.45) is 1.07. The Morgan fingerprint density at radius 2 is 2.07 bits per heavy atom. The van der Waals surface area contributed by atoms with E-state index >= 15 is 0 Å². The minimum atomic E-state index is 0. The van der Waals surface area contributed by atoms with E-state index in [0.717, 1.165) is 12.2 Å². The third kappa shape index (κ3) is 2.89. The van der Waals surface area contributed by atoms with Gasteiger partial charge in [0.05, 0.1) is 7.11 Å². The van der Waals surface area contributed by atoms with Crippen molar-refractivity contribution in [2.45, 2.75) is 19.4 Å². The molecule has 80 valence electrons. The normalized spacial score (nSPS) is 11.6. The largest absolute Gasteiger partial charge is 1.00 e. The van der Waals surface area contributed by atoms with E-state index in [1.165, 1.54) is 5.56 Å². The lowest BCUT2D eigenvalue weighted by Crippen LogP contribution is -3.00. The molecule has 14 heavy (non-hydrogen) atoms. The fourth-order valence-electron chi connectivity index (χ4n) is 1.53. The van der Waals surface area contributed by atoms with Gasteiger partial charge in [0, 0.05) is 11.6 Å². The molecule has 0 saturated carbocycles. The molecule has 1 unspecified atom stereocenters. The van der Waals surface area contributed by atoms with Crippen LogP contribution in [0.1, 0.15) is 26.4 Å². The van der Waals surface area contributed by atoms with Gasteiger partial charge in [-0.2, -0.15) is 0 Å². The number of benzene rings is 1. The molecule has 0 heterocycles. The van der Waals surface area contributed by atoms with Crippen molar-refractivity contribution in [2.24, 2.45) is 0 Å². The SMILES string of the molecule is CCC(NC)c1ccccc1OC.[Cl-].[H+]. The molecular formula is C11H18ClNO. The third-order valence-corrected chi connectivity index (χ3v) is 2.27. The standard InChI is InChI=1S/C11H17NO.ClH/c1-4-10(12-2)9-7-5-6-8-11(9)13-3;/h5-8,10,12H,4H2,1-3H3;1H. The van der Waals surface area contributed by atoms with Gasteiger partial charge in [0.15, 0.2) is 0 Å². The molecule has 0 aliphatic carbocycles. The van der Waals surface area contributed by atoms with Crippen LogP contribution in [0.15, 0.2) is 24.3 Å². The average Bonchev–Trinajstić information content (AvgIpc) is 2.20. The van der Waals surface area contributed by atoms with Gasteiger partial charge in [-0.25, -0.2) is 0 Å². The maximum atomic E-state index is 5.29. The first kappa shape index (κ1) is 13.3. The molecule has 0 spiro atoms. The second-order valence-corrected chi connectivity index (χ2v) is 2.99. The number of rotatable bonds is 4. The van der Waals surface area contributed by atoms with E-state index in [0.29, 0.717) is 6.04 Å². The topological polar surface area (TPSA) is 21.3 Å². The lowest BCUT2D eigenvalue weighted by Gasteiger charge is -2.17. The Bertz CT molecular complexity index is 267. The number of halogens is 1. The summed E-state index contributed by atoms with van der Waals surface area (Å²) in [5.74, 6) is 0.962. The first-order valence-corrected chi connectivity index (χ1v) is 4.63. The third-order valence-electron chi connectivity index (χ3n) is 2.27. The number of hydrogen-bond acceptors (Lipinski definition) is 2. The Kier molecular flexibility index (Phi) is 6.34. The molecule has 1 N–H and O–H groups in total. The molecule has 1 atom stereocenters. The average molecular weight is 216 g/mol. The second-order valence-electron chi connectivity index (χ2n) is 2.99. The van der Waals surface area contributed by atoms with Gasteiger partial charge in [-0.3, -0.25) is 0 Å². The summed E-state index contributed by atoms with van der Waals surface area (Å²) in [4.78, 5) is 0. The molecule has 1 aromatic carbocycles. The first-order valence-electron chi connectivity index (χ1n) is 4.63. The van der Waals surface area contributed by atoms with Crippen molar-refractivity contribution < 1.29 is 18.6 Å². The molecule has 0 bridgehead atoms. The van der Waals surface area contributed by atoms with Crippen LogP contribution < -0.4 is 22.5 Å². The van der Waals surface area contributed by atoms with E-state index in [-0.39, 0.29) is 13.8 Å². The van der Waals surface area contributed by atoms with Crippen LogP contribution in [-0.2, 0) is 0 Å². The van der Waals surface area contributed by atoms with E-state index in [9.17, 15) is 0 Å². The monoisotopic (exact) mass is 215 g/mol. The Hall–Kier alpha value is -0.730. The summed E-state index contributed by atoms with van der Waals surface area (Å²) in [6.45, 7) is 2.16. The fourth-order valence-corrected chi connectivity index (χ4v) is 1.53. The maximum absolute atomic E-state index is 5.29. The summed E-state index contributed by atoms with van der Waals surface area (Å²) in [6, 6.07) is 8.51. The van der Waals surface area contributed by atoms with Gasteiger partial charge in [0.25, 0.3) is 0 Å². The van der Waals surface area contributed by atoms with Crippen LogP contribution in [0.2, 0.25) is 0 Å². The minimum Gasteiger partial charge on any atom is -1.00 e. The predicted octanol–water partition coefficient (Wildman–Crippen LogP) is -0.518. The molecule has 0 amide bonds. The van der Waals surface area contributed by atoms with Gasteiger partial charge in [0.1, 0.15) is 5.75 Å². The lowest BCUT2D eigenvalue weighted by molar-refractivity contribution is -0.00000311. The molecule has 1 aromatic rings. The van der Waals surface area contributed by atoms with Crippen LogP contribution in [0.25, 0.3) is 0 Å². The predicted molar refractivity (Wildman–Crippen MR) is 56.2 cm³/mol. The van der Waals surface area contributed by atoms with Crippen LogP contribution in [0.4, 0.5) is 0 Å². The lowest BCUT2D eigenvalue weighted by atomic mass is 10.0. The van der Waals surface area contributed by atoms with E-state index in [1.807, 2.05) is 25.2 Å². The second kappa shape index (κ2) is 6.68. The van der Waals surface area contributed by atoms with Gasteiger partial charge in [-0.15, -0.1) is 0 Å². The summed E-state index contributed by atoms with van der Waals surface area (Å²) in [7, 11) is 3.68. The molecule has 0 radical (unpaired) electrons. The number of nitrogens with one attached hydrogen (secondary N) is 1. The highest BCUT2D eigenvalue weighted by atomic mass is 35.5. The molecule has 1 rings (SSSR count). The summed E-state index contributed by atoms with van der Waals surface area (Å²) in [5.41, 5.74) is 1.23. The quantitative estimate of drug-likeness (QED) is 0.730. The number of hydrogen-bond donors (Lipinski definition) is 1. The van der Waals surface area contributed by atoms with Gasteiger partial charge >= 0.3 is 1.43 Å². The molecule has 0 aromatic heterocycles. The first-order chi connectivity index (χ1) is 6.33. The zero-order valence-electron chi connectivity index (χ0n) is 9.88. The van der Waals surface area contributed by atoms with E-state index in [1.54, 1.807) is 7.11 Å². The van der Waals surface area contributed by atoms with Crippen molar-refractivity contribution in [2.75, 3.05) is 14.2 Å². The van der Waals surface area contributed by atoms with Gasteiger partial charge < -0.3 is 22.5 Å². The molecule has 0 saturated heterocycles. The van der Waals surface area contributed by atoms with Crippen molar-refractivity contribution in [1.82, 2.24) is 5.32 Å². The van der Waals surface area contributed by atoms with Gasteiger partial charge in [-0.1, -0.05) is 25.1 Å². The molecule has 0 aliphatic heterocycles. The smallest absolute Gasteiger partial charge is 1.00 e. The van der Waals surface area contributed by atoms with Crippen LogP contribution in [0.5, 0.6) is 5.75 Å². The molecule has 3 heteroatoms. The van der Waals surface area contributed by atoms with Crippen molar-refractivity contribution in [3.8, 4) is 5.75 Å². The number of para-hydroxylation sites is 1. The van der Waals surface area contributed by atoms with Crippen LogP contribution in [0, 0.1) is 0 Å². The highest BCUT2D eigenvalue weighted by Crippen LogP contribution is 2.26. The van der Waals surface area contributed by atoms with Gasteiger partial charge in [-0.05, 0) is 19.5 Å². The minimum absolute atomic E-state index is 0. The van der Waals surface area contributed by atoms with Crippen molar-refractivity contribution >= 4 is 0 Å². The van der Waals surface area contributed by atoms with Crippen LogP contribution in [-0.4, -0.2) is 14.2 Å². The van der Waals surface area contributed by atoms with Crippen LogP contribution in [0.3, 0.4) is 0 Å². The highest BCUT2D eigenvalue weighted by Gasteiger charge is 2.10. The Morgan fingerprint density at radius 3 is 2.57 bits per heavy atom. The zero-order valence-corrected chi connectivity index (χ0v) is 9.64. The zero-order chi connectivity index (χ0) is 9.68. The highest BCUT2D eigenvalue weighted by molar-refractivity contribution is 5.35. The molecule has 0 aliphatic rings. The number of methoxy groups -OCH3 is 1. The van der Waals surface area contributed by atoms with E-state index in [4.69, 9.17) is 4.74 Å². The molecular weight excluding hydrogens is 198 g/mol. The Labute approximate surface area is 93.6 Å². The maximum Gasteiger partial charge on any atom is 1.00 e. The van der Waals surface area contributed by atoms with E-state index in [2.05, 4.69) is 18.3 Å².